The number of rotatable bonds is 10. The van der Waals surface area contributed by atoms with Crippen molar-refractivity contribution in [1.29, 1.82) is 0 Å². The molecule has 0 bridgehead atoms. The van der Waals surface area contributed by atoms with Gasteiger partial charge in [-0.05, 0) is 78.8 Å². The molecule has 3 nitrogen and oxygen atoms in total. The molecule has 3 heteroatoms. The van der Waals surface area contributed by atoms with Crippen molar-refractivity contribution in [2.45, 2.75) is 59.8 Å². The minimum absolute atomic E-state index is 0.280. The van der Waals surface area contributed by atoms with E-state index in [9.17, 15) is 4.79 Å². The second-order valence-electron chi connectivity index (χ2n) is 8.60. The second-order valence-corrected chi connectivity index (χ2v) is 8.60. The van der Waals surface area contributed by atoms with Gasteiger partial charge in [0.05, 0.1) is 7.11 Å². The Morgan fingerprint density at radius 3 is 2.00 bits per heavy atom. The lowest BCUT2D eigenvalue weighted by Crippen LogP contribution is -2.17. The minimum atomic E-state index is -0.280. The normalized spacial score (nSPS) is 12.5. The summed E-state index contributed by atoms with van der Waals surface area (Å²) < 4.78 is 10.3. The number of carbonyl (C=O) groups excluding carboxylic acids is 1. The molecule has 0 fully saturated rings. The van der Waals surface area contributed by atoms with Gasteiger partial charge in [0.15, 0.2) is 0 Å². The van der Waals surface area contributed by atoms with Crippen molar-refractivity contribution >= 4 is 5.97 Å². The summed E-state index contributed by atoms with van der Waals surface area (Å²) in [7, 11) is 1.70. The van der Waals surface area contributed by atoms with Crippen LogP contribution in [0.15, 0.2) is 48.5 Å². The zero-order valence-corrected chi connectivity index (χ0v) is 18.0. The van der Waals surface area contributed by atoms with Crippen LogP contribution in [0.4, 0.5) is 0 Å². The van der Waals surface area contributed by atoms with Crippen molar-refractivity contribution in [3.05, 3.63) is 59.7 Å². The van der Waals surface area contributed by atoms with E-state index in [0.29, 0.717) is 17.1 Å². The van der Waals surface area contributed by atoms with Crippen LogP contribution in [0.2, 0.25) is 0 Å². The summed E-state index contributed by atoms with van der Waals surface area (Å²) in [6, 6.07) is 16.3. The maximum Gasteiger partial charge on any atom is 0.308 e. The van der Waals surface area contributed by atoms with Gasteiger partial charge in [0.2, 0.25) is 0 Å². The van der Waals surface area contributed by atoms with Crippen molar-refractivity contribution in [1.82, 2.24) is 0 Å². The molecule has 152 valence electrons. The Labute approximate surface area is 170 Å². The molecule has 28 heavy (non-hydrogen) atoms. The monoisotopic (exact) mass is 382 g/mol. The number of esters is 1. The van der Waals surface area contributed by atoms with Crippen molar-refractivity contribution in [2.24, 2.45) is 11.3 Å². The van der Waals surface area contributed by atoms with E-state index >= 15 is 0 Å². The van der Waals surface area contributed by atoms with Crippen LogP contribution in [0.3, 0.4) is 0 Å². The maximum atomic E-state index is 11.0. The topological polar surface area (TPSA) is 35.5 Å². The van der Waals surface area contributed by atoms with Gasteiger partial charge in [-0.1, -0.05) is 45.0 Å². The van der Waals surface area contributed by atoms with Crippen molar-refractivity contribution in [2.75, 3.05) is 7.11 Å². The van der Waals surface area contributed by atoms with Crippen LogP contribution in [0, 0.1) is 11.3 Å². The number of ether oxygens (including phenoxy) is 2. The Bertz CT molecular complexity index is 729. The second kappa shape index (κ2) is 10.3. The third kappa shape index (κ3) is 7.75. The standard InChI is InChI=1S/C25H34O3/c1-19(6-7-21-8-12-23(27-5)13-9-21)18-25(3,4)17-16-22-10-14-24(15-11-22)28-20(2)26/h8-15,19H,6-7,16-18H2,1-5H3. The molecule has 0 saturated heterocycles. The zero-order chi connectivity index (χ0) is 20.6. The number of hydrogen-bond acceptors (Lipinski definition) is 3. The first-order valence-corrected chi connectivity index (χ1v) is 10.2. The summed E-state index contributed by atoms with van der Waals surface area (Å²) >= 11 is 0. The van der Waals surface area contributed by atoms with Gasteiger partial charge in [-0.3, -0.25) is 4.79 Å². The Morgan fingerprint density at radius 1 is 0.929 bits per heavy atom. The largest absolute Gasteiger partial charge is 0.497 e. The number of methoxy groups -OCH3 is 1. The highest BCUT2D eigenvalue weighted by atomic mass is 16.5. The fourth-order valence-corrected chi connectivity index (χ4v) is 3.73. The molecular formula is C25H34O3. The molecule has 0 saturated carbocycles. The molecule has 2 aromatic rings. The highest BCUT2D eigenvalue weighted by Gasteiger charge is 2.21. The first kappa shape index (κ1) is 22.0. The molecular weight excluding hydrogens is 348 g/mol. The predicted molar refractivity (Wildman–Crippen MR) is 115 cm³/mol. The van der Waals surface area contributed by atoms with Gasteiger partial charge in [-0.2, -0.15) is 0 Å². The fraction of sp³-hybridized carbons (Fsp3) is 0.480. The van der Waals surface area contributed by atoms with Gasteiger partial charge < -0.3 is 9.47 Å². The molecule has 0 aliphatic rings. The highest BCUT2D eigenvalue weighted by Crippen LogP contribution is 2.32. The van der Waals surface area contributed by atoms with Crippen molar-refractivity contribution < 1.29 is 14.3 Å². The summed E-state index contributed by atoms with van der Waals surface area (Å²) in [6.07, 6.45) is 5.71. The van der Waals surface area contributed by atoms with Gasteiger partial charge in [-0.15, -0.1) is 0 Å². The zero-order valence-electron chi connectivity index (χ0n) is 18.0. The summed E-state index contributed by atoms with van der Waals surface area (Å²) in [5, 5.41) is 0. The third-order valence-electron chi connectivity index (χ3n) is 5.26. The molecule has 0 spiro atoms. The van der Waals surface area contributed by atoms with E-state index in [1.165, 1.54) is 30.9 Å². The average Bonchev–Trinajstić information content (AvgIpc) is 2.65. The first-order chi connectivity index (χ1) is 13.3. The van der Waals surface area contributed by atoms with Crippen LogP contribution in [0.1, 0.15) is 58.1 Å². The predicted octanol–water partition coefficient (Wildman–Crippen LogP) is 6.24. The van der Waals surface area contributed by atoms with Gasteiger partial charge in [0, 0.05) is 6.92 Å². The summed E-state index contributed by atoms with van der Waals surface area (Å²) in [5.41, 5.74) is 2.96. The quantitative estimate of drug-likeness (QED) is 0.360. The Kier molecular flexibility index (Phi) is 8.10. The van der Waals surface area contributed by atoms with E-state index in [2.05, 4.69) is 45.0 Å². The molecule has 2 aromatic carbocycles. The molecule has 0 N–H and O–H groups in total. The van der Waals surface area contributed by atoms with E-state index in [-0.39, 0.29) is 5.97 Å². The van der Waals surface area contributed by atoms with Gasteiger partial charge in [-0.25, -0.2) is 0 Å². The smallest absolute Gasteiger partial charge is 0.308 e. The van der Waals surface area contributed by atoms with Crippen LogP contribution in [0.25, 0.3) is 0 Å². The van der Waals surface area contributed by atoms with E-state index < -0.39 is 0 Å². The molecule has 0 amide bonds. The van der Waals surface area contributed by atoms with Crippen molar-refractivity contribution in [3.8, 4) is 11.5 Å². The number of benzene rings is 2. The van der Waals surface area contributed by atoms with Crippen LogP contribution >= 0.6 is 0 Å². The van der Waals surface area contributed by atoms with E-state index in [4.69, 9.17) is 9.47 Å². The van der Waals surface area contributed by atoms with E-state index in [0.717, 1.165) is 25.0 Å². The van der Waals surface area contributed by atoms with E-state index in [1.807, 2.05) is 24.3 Å². The number of hydrogen-bond donors (Lipinski definition) is 0. The Hall–Kier alpha value is -2.29. The lowest BCUT2D eigenvalue weighted by molar-refractivity contribution is -0.131. The van der Waals surface area contributed by atoms with Crippen LogP contribution < -0.4 is 9.47 Å². The maximum absolute atomic E-state index is 11.0. The van der Waals surface area contributed by atoms with Gasteiger partial charge >= 0.3 is 5.97 Å². The minimum Gasteiger partial charge on any atom is -0.497 e. The van der Waals surface area contributed by atoms with Crippen molar-refractivity contribution in [3.63, 3.8) is 0 Å². The molecule has 2 rings (SSSR count). The van der Waals surface area contributed by atoms with Gasteiger partial charge in [0.1, 0.15) is 11.5 Å². The highest BCUT2D eigenvalue weighted by molar-refractivity contribution is 5.69. The molecule has 0 radical (unpaired) electrons. The van der Waals surface area contributed by atoms with Gasteiger partial charge in [0.25, 0.3) is 0 Å². The van der Waals surface area contributed by atoms with Crippen LogP contribution in [0.5, 0.6) is 11.5 Å². The fourth-order valence-electron chi connectivity index (χ4n) is 3.73. The third-order valence-corrected chi connectivity index (χ3v) is 5.26. The molecule has 1 atom stereocenters. The molecule has 0 heterocycles. The lowest BCUT2D eigenvalue weighted by atomic mass is 9.77. The number of aryl methyl sites for hydroxylation is 2. The number of carbonyl (C=O) groups is 1. The summed E-state index contributed by atoms with van der Waals surface area (Å²) in [4.78, 5) is 11.0. The molecule has 0 aromatic heterocycles. The average molecular weight is 383 g/mol. The van der Waals surface area contributed by atoms with E-state index in [1.54, 1.807) is 7.11 Å². The molecule has 0 aliphatic heterocycles. The Morgan fingerprint density at radius 2 is 1.46 bits per heavy atom. The lowest BCUT2D eigenvalue weighted by Gasteiger charge is -2.28. The van der Waals surface area contributed by atoms with Crippen LogP contribution in [-0.2, 0) is 17.6 Å². The first-order valence-electron chi connectivity index (χ1n) is 10.2. The summed E-state index contributed by atoms with van der Waals surface area (Å²) in [6.45, 7) is 8.51. The molecule has 1 unspecified atom stereocenters. The van der Waals surface area contributed by atoms with Crippen LogP contribution in [-0.4, -0.2) is 13.1 Å². The SMILES string of the molecule is COc1ccc(CCC(C)CC(C)(C)CCc2ccc(OC(C)=O)cc2)cc1. The Balaban J connectivity index is 1.77. The molecule has 0 aliphatic carbocycles. The summed E-state index contributed by atoms with van der Waals surface area (Å²) in [5.74, 6) is 1.93.